The lowest BCUT2D eigenvalue weighted by molar-refractivity contribution is -0.135. The number of fused-ring (bicyclic) bond motifs is 1. The fourth-order valence-electron chi connectivity index (χ4n) is 4.61. The predicted molar refractivity (Wildman–Crippen MR) is 164 cm³/mol. The number of hydrogen-bond donors (Lipinski definition) is 2. The number of hydrogen-bond acceptors (Lipinski definition) is 7. The summed E-state index contributed by atoms with van der Waals surface area (Å²) in [6, 6.07) is 18.2. The molecule has 0 radical (unpaired) electrons. The van der Waals surface area contributed by atoms with Gasteiger partial charge >= 0.3 is 12.1 Å². The summed E-state index contributed by atoms with van der Waals surface area (Å²) in [4.78, 5) is 38.7. The third-order valence-corrected chi connectivity index (χ3v) is 8.24. The van der Waals surface area contributed by atoms with Crippen LogP contribution in [0.4, 0.5) is 10.5 Å². The second-order valence-electron chi connectivity index (χ2n) is 9.68. The molecule has 0 unspecified atom stereocenters. The van der Waals surface area contributed by atoms with E-state index < -0.39 is 24.5 Å². The van der Waals surface area contributed by atoms with Crippen molar-refractivity contribution in [1.29, 1.82) is 0 Å². The number of benzene rings is 3. The van der Waals surface area contributed by atoms with Gasteiger partial charge in [0.1, 0.15) is 25.5 Å². The van der Waals surface area contributed by atoms with E-state index >= 15 is 0 Å². The molecule has 2 amide bonds. The number of carboxylic acid groups (broad SMARTS) is 1. The van der Waals surface area contributed by atoms with Gasteiger partial charge in [0, 0.05) is 50.7 Å². The van der Waals surface area contributed by atoms with E-state index in [1.165, 1.54) is 0 Å². The zero-order valence-electron chi connectivity index (χ0n) is 23.3. The Morgan fingerprint density at radius 3 is 2.74 bits per heavy atom. The van der Waals surface area contributed by atoms with Gasteiger partial charge in [0.2, 0.25) is 0 Å². The fourth-order valence-corrected chi connectivity index (χ4v) is 5.92. The number of rotatable bonds is 10. The van der Waals surface area contributed by atoms with Crippen LogP contribution in [-0.2, 0) is 16.1 Å². The van der Waals surface area contributed by atoms with Crippen LogP contribution in [0.25, 0.3) is 11.1 Å². The lowest BCUT2D eigenvalue weighted by Crippen LogP contribution is -2.36. The summed E-state index contributed by atoms with van der Waals surface area (Å²) in [5.41, 5.74) is 4.66. The standard InChI is InChI=1S/C31H29ClN4O6S/c1-20-25(32)8-4-10-27(20)41-12-13-42-31(40)36-11-14-43-29-24(7-3-9-26(29)36)23-16-34-35(19-23)18-21-5-2-6-22(15-21)30(39)33-17-28(37)38/h2-10,15-16,19H,11-14,17-18H2,1H3,(H,33,39)(H,37,38). The number of thioether (sulfide) groups is 1. The summed E-state index contributed by atoms with van der Waals surface area (Å²) < 4.78 is 13.1. The van der Waals surface area contributed by atoms with E-state index in [9.17, 15) is 14.4 Å². The largest absolute Gasteiger partial charge is 0.490 e. The van der Waals surface area contributed by atoms with Gasteiger partial charge in [-0.1, -0.05) is 41.9 Å². The van der Waals surface area contributed by atoms with Crippen LogP contribution >= 0.6 is 23.4 Å². The van der Waals surface area contributed by atoms with Gasteiger partial charge in [0.25, 0.3) is 5.91 Å². The molecular weight excluding hydrogens is 592 g/mol. The van der Waals surface area contributed by atoms with Crippen molar-refractivity contribution in [2.24, 2.45) is 0 Å². The van der Waals surface area contributed by atoms with E-state index in [0.29, 0.717) is 35.2 Å². The molecule has 2 heterocycles. The van der Waals surface area contributed by atoms with Crippen LogP contribution in [0.1, 0.15) is 21.5 Å². The molecule has 1 aliphatic rings. The molecular formula is C31H29ClN4O6S. The van der Waals surface area contributed by atoms with E-state index in [4.69, 9.17) is 26.2 Å². The number of halogens is 1. The molecule has 0 saturated carbocycles. The number of carbonyl (C=O) groups excluding carboxylic acids is 2. The molecule has 0 fully saturated rings. The van der Waals surface area contributed by atoms with Gasteiger partial charge in [-0.15, -0.1) is 11.8 Å². The second-order valence-corrected chi connectivity index (χ2v) is 11.2. The van der Waals surface area contributed by atoms with Crippen LogP contribution in [0.15, 0.2) is 78.0 Å². The summed E-state index contributed by atoms with van der Waals surface area (Å²) in [6.45, 7) is 2.66. The highest BCUT2D eigenvalue weighted by atomic mass is 35.5. The molecule has 10 nitrogen and oxygen atoms in total. The smallest absolute Gasteiger partial charge is 0.414 e. The van der Waals surface area contributed by atoms with E-state index in [-0.39, 0.29) is 13.2 Å². The quantitative estimate of drug-likeness (QED) is 0.223. The average molecular weight is 621 g/mol. The van der Waals surface area contributed by atoms with Gasteiger partial charge in [0.15, 0.2) is 0 Å². The Balaban J connectivity index is 1.24. The third-order valence-electron chi connectivity index (χ3n) is 6.73. The highest BCUT2D eigenvalue weighted by Gasteiger charge is 2.26. The van der Waals surface area contributed by atoms with Crippen molar-refractivity contribution >= 4 is 47.0 Å². The topological polar surface area (TPSA) is 123 Å². The van der Waals surface area contributed by atoms with Gasteiger partial charge in [-0.2, -0.15) is 5.10 Å². The summed E-state index contributed by atoms with van der Waals surface area (Å²) in [5.74, 6) is -0.195. The second kappa shape index (κ2) is 13.7. The SMILES string of the molecule is Cc1c(Cl)cccc1OCCOC(=O)N1CCSc2c(-c3cnn(Cc4cccc(C(=O)NCC(=O)O)c4)c3)cccc21. The number of aliphatic carboxylic acids is 1. The van der Waals surface area contributed by atoms with E-state index in [2.05, 4.69) is 10.4 Å². The van der Waals surface area contributed by atoms with Crippen LogP contribution in [-0.4, -0.2) is 64.9 Å². The lowest BCUT2D eigenvalue weighted by atomic mass is 10.1. The Morgan fingerprint density at radius 1 is 1.09 bits per heavy atom. The predicted octanol–water partition coefficient (Wildman–Crippen LogP) is 5.50. The number of carboxylic acids is 1. The Hall–Kier alpha value is -4.48. The van der Waals surface area contributed by atoms with E-state index in [1.807, 2.05) is 49.5 Å². The first kappa shape index (κ1) is 30.0. The van der Waals surface area contributed by atoms with Gasteiger partial charge in [-0.05, 0) is 42.8 Å². The monoisotopic (exact) mass is 620 g/mol. The maximum Gasteiger partial charge on any atom is 0.414 e. The molecule has 0 aliphatic carbocycles. The summed E-state index contributed by atoms with van der Waals surface area (Å²) >= 11 is 7.82. The van der Waals surface area contributed by atoms with E-state index in [0.717, 1.165) is 32.8 Å². The number of amides is 2. The minimum atomic E-state index is -1.11. The third kappa shape index (κ3) is 7.30. The van der Waals surface area contributed by atoms with Crippen LogP contribution in [0, 0.1) is 6.92 Å². The van der Waals surface area contributed by atoms with Crippen molar-refractivity contribution < 1.29 is 29.0 Å². The van der Waals surface area contributed by atoms with Gasteiger partial charge in [0.05, 0.1) is 18.4 Å². The average Bonchev–Trinajstić information content (AvgIpc) is 3.47. The molecule has 3 aromatic carbocycles. The van der Waals surface area contributed by atoms with Crippen LogP contribution in [0.2, 0.25) is 5.02 Å². The highest BCUT2D eigenvalue weighted by molar-refractivity contribution is 7.99. The van der Waals surface area contributed by atoms with Crippen molar-refractivity contribution in [1.82, 2.24) is 15.1 Å². The molecule has 1 aromatic heterocycles. The Morgan fingerprint density at radius 2 is 1.91 bits per heavy atom. The van der Waals surface area contributed by atoms with Crippen molar-refractivity contribution in [2.45, 2.75) is 18.4 Å². The maximum atomic E-state index is 13.0. The van der Waals surface area contributed by atoms with E-state index in [1.54, 1.807) is 51.8 Å². The zero-order chi connectivity index (χ0) is 30.3. The number of nitrogens with one attached hydrogen (secondary N) is 1. The Kier molecular flexibility index (Phi) is 9.53. The summed E-state index contributed by atoms with van der Waals surface area (Å²) in [6.07, 6.45) is 3.25. The zero-order valence-corrected chi connectivity index (χ0v) is 24.9. The Bertz CT molecular complexity index is 1660. The molecule has 0 spiro atoms. The molecule has 5 rings (SSSR count). The molecule has 1 aliphatic heterocycles. The van der Waals surface area contributed by atoms with Crippen LogP contribution < -0.4 is 15.0 Å². The van der Waals surface area contributed by atoms with Crippen molar-refractivity contribution in [3.05, 3.63) is 94.8 Å². The molecule has 0 bridgehead atoms. The molecule has 4 aromatic rings. The fraction of sp³-hybridized carbons (Fsp3) is 0.226. The first-order valence-electron chi connectivity index (χ1n) is 13.5. The maximum absolute atomic E-state index is 13.0. The first-order chi connectivity index (χ1) is 20.8. The Labute approximate surface area is 257 Å². The molecule has 12 heteroatoms. The number of ether oxygens (including phenoxy) is 2. The molecule has 0 atom stereocenters. The first-order valence-corrected chi connectivity index (χ1v) is 14.9. The minimum Gasteiger partial charge on any atom is -0.490 e. The highest BCUT2D eigenvalue weighted by Crippen LogP contribution is 2.42. The molecule has 222 valence electrons. The number of nitrogens with zero attached hydrogens (tertiary/aromatic N) is 3. The van der Waals surface area contributed by atoms with Crippen molar-refractivity contribution in [2.75, 3.05) is 37.0 Å². The number of anilines is 1. The van der Waals surface area contributed by atoms with Crippen molar-refractivity contribution in [3.63, 3.8) is 0 Å². The van der Waals surface area contributed by atoms with Crippen LogP contribution in [0.3, 0.4) is 0 Å². The van der Waals surface area contributed by atoms with Gasteiger partial charge < -0.3 is 19.9 Å². The molecule has 2 N–H and O–H groups in total. The summed E-state index contributed by atoms with van der Waals surface area (Å²) in [7, 11) is 0. The number of aromatic nitrogens is 2. The molecule has 43 heavy (non-hydrogen) atoms. The normalized spacial score (nSPS) is 12.4. The van der Waals surface area contributed by atoms with Gasteiger partial charge in [-0.25, -0.2) is 4.79 Å². The number of carbonyl (C=O) groups is 3. The van der Waals surface area contributed by atoms with Crippen molar-refractivity contribution in [3.8, 4) is 16.9 Å². The minimum absolute atomic E-state index is 0.0959. The summed E-state index contributed by atoms with van der Waals surface area (Å²) in [5, 5.41) is 16.3. The van der Waals surface area contributed by atoms with Crippen LogP contribution in [0.5, 0.6) is 5.75 Å². The lowest BCUT2D eigenvalue weighted by Gasteiger charge is -2.29. The van der Waals surface area contributed by atoms with Gasteiger partial charge in [-0.3, -0.25) is 19.2 Å². The molecule has 0 saturated heterocycles.